The van der Waals surface area contributed by atoms with Gasteiger partial charge in [-0.25, -0.2) is 19.6 Å². The van der Waals surface area contributed by atoms with Crippen LogP contribution in [0.3, 0.4) is 0 Å². The van der Waals surface area contributed by atoms with E-state index in [0.29, 0.717) is 44.4 Å². The molecule has 6 heterocycles. The Labute approximate surface area is 338 Å². The topological polar surface area (TPSA) is 173 Å². The van der Waals surface area contributed by atoms with Crippen molar-refractivity contribution in [3.05, 3.63) is 59.4 Å². The Morgan fingerprint density at radius 3 is 2.02 bits per heavy atom. The SMILES string of the molecule is COC[C@H]1C[C@@H](c2ncc(-c3cc4c5c(c3)OCc3cc(-c6cnc([C@@H]7CC[C@H](C)N7C(=O)[C@@H](NC(=O)OC)C(C)C)[nH]6)cc(c3-5)OC4)[nH]2)N(C(=O)OC(C)(C)C)C1. The van der Waals surface area contributed by atoms with Gasteiger partial charge in [0.15, 0.2) is 0 Å². The lowest BCUT2D eigenvalue weighted by molar-refractivity contribution is -0.137. The van der Waals surface area contributed by atoms with Crippen molar-refractivity contribution in [3.63, 3.8) is 0 Å². The largest absolute Gasteiger partial charge is 0.488 e. The third-order valence-corrected chi connectivity index (χ3v) is 11.6. The van der Waals surface area contributed by atoms with E-state index in [-0.39, 0.29) is 42.0 Å². The summed E-state index contributed by atoms with van der Waals surface area (Å²) >= 11 is 0. The maximum Gasteiger partial charge on any atom is 0.410 e. The van der Waals surface area contributed by atoms with Gasteiger partial charge in [-0.2, -0.15) is 0 Å². The van der Waals surface area contributed by atoms with Crippen LogP contribution >= 0.6 is 0 Å². The smallest absolute Gasteiger partial charge is 0.410 e. The van der Waals surface area contributed by atoms with E-state index in [9.17, 15) is 14.4 Å². The van der Waals surface area contributed by atoms with Gasteiger partial charge in [-0.3, -0.25) is 9.69 Å². The maximum absolute atomic E-state index is 13.9. The summed E-state index contributed by atoms with van der Waals surface area (Å²) < 4.78 is 28.9. The number of aromatic amines is 2. The molecule has 0 spiro atoms. The molecule has 308 valence electrons. The first-order valence-corrected chi connectivity index (χ1v) is 20.1. The third kappa shape index (κ3) is 7.36. The van der Waals surface area contributed by atoms with E-state index in [1.165, 1.54) is 7.11 Å². The van der Waals surface area contributed by atoms with Gasteiger partial charge in [-0.05, 0) is 77.1 Å². The Hall–Kier alpha value is -5.57. The van der Waals surface area contributed by atoms with Gasteiger partial charge >= 0.3 is 12.2 Å². The summed E-state index contributed by atoms with van der Waals surface area (Å²) in [6, 6.07) is 7.01. The number of rotatable bonds is 9. The van der Waals surface area contributed by atoms with Crippen molar-refractivity contribution in [2.75, 3.05) is 27.4 Å². The molecule has 3 N–H and O–H groups in total. The second-order valence-corrected chi connectivity index (χ2v) is 17.2. The Balaban J connectivity index is 1.04. The standard InChI is InChI=1S/C43H53N7O8/c1-22(2)37(48-41(52)55-8)40(51)50-23(3)9-10-31(50)38-44-16-29(46-38)25-12-27-20-57-34-15-26(13-28-21-56-33(14-25)35(27)36(28)34)30-17-45-39(47-30)32-11-24(19-54-7)18-49(32)42(53)58-43(4,5)6/h12-17,22-24,31-32,37H,9-11,18-21H2,1-8H3,(H,44,46)(H,45,47)(H,48,52)/t23-,24-,31-,32-,37-/m0/s1. The zero-order valence-electron chi connectivity index (χ0n) is 34.4. The number of aromatic nitrogens is 4. The zero-order valence-corrected chi connectivity index (χ0v) is 34.4. The molecule has 2 aromatic heterocycles. The Morgan fingerprint density at radius 2 is 1.48 bits per heavy atom. The molecule has 4 aromatic rings. The van der Waals surface area contributed by atoms with E-state index in [0.717, 1.165) is 69.1 Å². The van der Waals surface area contributed by atoms with Gasteiger partial charge in [-0.15, -0.1) is 0 Å². The number of ether oxygens (including phenoxy) is 5. The van der Waals surface area contributed by atoms with Crippen LogP contribution in [0.1, 0.15) is 95.7 Å². The molecule has 15 heteroatoms. The molecule has 0 radical (unpaired) electrons. The van der Waals surface area contributed by atoms with Crippen molar-refractivity contribution >= 4 is 18.1 Å². The number of nitrogens with one attached hydrogen (secondary N) is 3. The van der Waals surface area contributed by atoms with Crippen LogP contribution < -0.4 is 14.8 Å². The molecule has 15 nitrogen and oxygen atoms in total. The molecule has 0 saturated carbocycles. The van der Waals surface area contributed by atoms with Crippen molar-refractivity contribution < 1.29 is 38.1 Å². The van der Waals surface area contributed by atoms with Crippen LogP contribution in [0, 0.1) is 11.8 Å². The Morgan fingerprint density at radius 1 is 0.897 bits per heavy atom. The Bertz CT molecular complexity index is 2170. The molecule has 5 atom stereocenters. The fraction of sp³-hybridized carbons (Fsp3) is 0.512. The summed E-state index contributed by atoms with van der Waals surface area (Å²) in [4.78, 5) is 59.4. The molecule has 2 saturated heterocycles. The monoisotopic (exact) mass is 795 g/mol. The highest BCUT2D eigenvalue weighted by molar-refractivity contribution is 5.89. The van der Waals surface area contributed by atoms with E-state index in [1.54, 1.807) is 24.4 Å². The van der Waals surface area contributed by atoms with E-state index >= 15 is 0 Å². The van der Waals surface area contributed by atoms with Crippen LogP contribution in [-0.4, -0.2) is 92.9 Å². The highest BCUT2D eigenvalue weighted by Gasteiger charge is 2.42. The van der Waals surface area contributed by atoms with Crippen LogP contribution in [0.2, 0.25) is 0 Å². The van der Waals surface area contributed by atoms with Crippen molar-refractivity contribution in [2.45, 2.75) is 104 Å². The minimum absolute atomic E-state index is 0.0220. The molecule has 8 rings (SSSR count). The molecular formula is C43H53N7O8. The number of methoxy groups -OCH3 is 2. The number of carbonyl (C=O) groups excluding carboxylic acids is 3. The maximum atomic E-state index is 13.9. The van der Waals surface area contributed by atoms with Gasteiger partial charge in [0.05, 0.1) is 49.6 Å². The number of alkyl carbamates (subject to hydrolysis) is 1. The summed E-state index contributed by atoms with van der Waals surface area (Å²) in [7, 11) is 2.97. The number of carbonyl (C=O) groups is 3. The van der Waals surface area contributed by atoms with Crippen LogP contribution in [0.15, 0.2) is 36.7 Å². The van der Waals surface area contributed by atoms with Crippen LogP contribution in [-0.2, 0) is 32.2 Å². The lowest BCUT2D eigenvalue weighted by atomic mass is 9.87. The first-order valence-electron chi connectivity index (χ1n) is 20.1. The normalized spacial score (nSPS) is 21.3. The fourth-order valence-corrected chi connectivity index (χ4v) is 8.84. The third-order valence-electron chi connectivity index (χ3n) is 11.6. The number of benzene rings is 2. The number of hydrogen-bond acceptors (Lipinski definition) is 10. The van der Waals surface area contributed by atoms with Gasteiger partial charge < -0.3 is 43.9 Å². The van der Waals surface area contributed by atoms with Gasteiger partial charge in [0.1, 0.15) is 48.0 Å². The van der Waals surface area contributed by atoms with Crippen LogP contribution in [0.4, 0.5) is 9.59 Å². The number of amides is 3. The molecule has 2 aromatic carbocycles. The summed E-state index contributed by atoms with van der Waals surface area (Å²) in [6.45, 7) is 13.2. The fourth-order valence-electron chi connectivity index (χ4n) is 8.84. The predicted molar refractivity (Wildman–Crippen MR) is 214 cm³/mol. The highest BCUT2D eigenvalue weighted by Crippen LogP contribution is 2.51. The van der Waals surface area contributed by atoms with Gasteiger partial charge in [0.2, 0.25) is 5.91 Å². The van der Waals surface area contributed by atoms with Gasteiger partial charge in [0, 0.05) is 59.0 Å². The quantitative estimate of drug-likeness (QED) is 0.156. The molecule has 58 heavy (non-hydrogen) atoms. The minimum Gasteiger partial charge on any atom is -0.488 e. The molecule has 0 bridgehead atoms. The molecular weight excluding hydrogens is 743 g/mol. The second kappa shape index (κ2) is 15.3. The summed E-state index contributed by atoms with van der Waals surface area (Å²) in [5, 5.41) is 2.73. The van der Waals surface area contributed by atoms with Crippen molar-refractivity contribution in [3.8, 4) is 45.1 Å². The molecule has 4 aliphatic rings. The number of H-pyrrole nitrogens is 2. The number of imidazole rings is 2. The zero-order chi connectivity index (χ0) is 41.0. The molecule has 4 aliphatic heterocycles. The number of nitrogens with zero attached hydrogens (tertiary/aromatic N) is 4. The lowest BCUT2D eigenvalue weighted by Crippen LogP contribution is -2.52. The Kier molecular flexibility index (Phi) is 10.4. The average molecular weight is 796 g/mol. The van der Waals surface area contributed by atoms with Crippen LogP contribution in [0.25, 0.3) is 33.6 Å². The van der Waals surface area contributed by atoms with Gasteiger partial charge in [-0.1, -0.05) is 13.8 Å². The van der Waals surface area contributed by atoms with E-state index in [2.05, 4.69) is 27.4 Å². The number of hydrogen-bond donors (Lipinski definition) is 3. The highest BCUT2D eigenvalue weighted by atomic mass is 16.6. The molecule has 0 unspecified atom stereocenters. The van der Waals surface area contributed by atoms with E-state index < -0.39 is 17.7 Å². The van der Waals surface area contributed by atoms with E-state index in [4.69, 9.17) is 33.7 Å². The van der Waals surface area contributed by atoms with E-state index in [1.807, 2.05) is 58.6 Å². The molecule has 0 aliphatic carbocycles. The average Bonchev–Trinajstić information content (AvgIpc) is 4.01. The second-order valence-electron chi connectivity index (χ2n) is 17.2. The number of likely N-dealkylation sites (tertiary alicyclic amines) is 2. The van der Waals surface area contributed by atoms with Crippen molar-refractivity contribution in [2.24, 2.45) is 11.8 Å². The van der Waals surface area contributed by atoms with Gasteiger partial charge in [0.25, 0.3) is 0 Å². The lowest BCUT2D eigenvalue weighted by Gasteiger charge is -2.33. The first-order chi connectivity index (χ1) is 27.7. The van der Waals surface area contributed by atoms with Crippen molar-refractivity contribution in [1.82, 2.24) is 35.1 Å². The van der Waals surface area contributed by atoms with Crippen molar-refractivity contribution in [1.29, 1.82) is 0 Å². The summed E-state index contributed by atoms with van der Waals surface area (Å²) in [5.41, 5.74) is 6.87. The molecule has 2 fully saturated rings. The van der Waals surface area contributed by atoms with Crippen LogP contribution in [0.5, 0.6) is 11.5 Å². The first kappa shape index (κ1) is 39.3. The minimum atomic E-state index is -0.723. The predicted octanol–water partition coefficient (Wildman–Crippen LogP) is 7.30. The summed E-state index contributed by atoms with van der Waals surface area (Å²) in [6.07, 6.45) is 4.88. The molecule has 3 amide bonds. The summed E-state index contributed by atoms with van der Waals surface area (Å²) in [5.74, 6) is 2.81.